The molecule has 0 aromatic heterocycles. The van der Waals surface area contributed by atoms with Gasteiger partial charge in [-0.25, -0.2) is 5.32 Å². The first-order chi connectivity index (χ1) is 3.97. The van der Waals surface area contributed by atoms with Gasteiger partial charge < -0.3 is 0 Å². The van der Waals surface area contributed by atoms with Crippen LogP contribution >= 0.6 is 11.8 Å². The van der Waals surface area contributed by atoms with E-state index in [4.69, 9.17) is 0 Å². The zero-order valence-corrected chi connectivity index (χ0v) is 5.45. The van der Waals surface area contributed by atoms with Gasteiger partial charge >= 0.3 is 0 Å². The van der Waals surface area contributed by atoms with Gasteiger partial charge in [-0.05, 0) is 0 Å². The summed E-state index contributed by atoms with van der Waals surface area (Å²) < 4.78 is 0. The minimum atomic E-state index is 0.653. The van der Waals surface area contributed by atoms with E-state index in [0.29, 0.717) is 6.04 Å². The predicted octanol–water partition coefficient (Wildman–Crippen LogP) is -0.364. The third-order valence-corrected chi connectivity index (χ3v) is 2.90. The van der Waals surface area contributed by atoms with E-state index in [1.807, 2.05) is 11.8 Å². The molecule has 0 bridgehead atoms. The summed E-state index contributed by atoms with van der Waals surface area (Å²) in [7, 11) is 0. The summed E-state index contributed by atoms with van der Waals surface area (Å²) in [6.45, 7) is 0.899. The van der Waals surface area contributed by atoms with Crippen molar-refractivity contribution < 1.29 is 0 Å². The van der Waals surface area contributed by atoms with E-state index in [1.54, 1.807) is 0 Å². The van der Waals surface area contributed by atoms with Crippen molar-refractivity contribution in [2.75, 3.05) is 18.2 Å². The largest absolute Gasteiger partial charge is 0.298 e. The van der Waals surface area contributed by atoms with Crippen molar-refractivity contribution in [1.82, 2.24) is 10.6 Å². The third-order valence-electron chi connectivity index (χ3n) is 1.73. The highest BCUT2D eigenvalue weighted by atomic mass is 32.2. The molecule has 2 rings (SSSR count). The van der Waals surface area contributed by atoms with Gasteiger partial charge in [0, 0.05) is 17.5 Å². The van der Waals surface area contributed by atoms with Gasteiger partial charge in [-0.3, -0.25) is 5.32 Å². The van der Waals surface area contributed by atoms with E-state index in [9.17, 15) is 0 Å². The second kappa shape index (κ2) is 1.90. The van der Waals surface area contributed by atoms with E-state index in [2.05, 4.69) is 10.6 Å². The SMILES string of the molecule is C1[N]C2CSCC2N1. The fourth-order valence-corrected chi connectivity index (χ4v) is 2.51. The Morgan fingerprint density at radius 2 is 2.50 bits per heavy atom. The molecule has 8 heavy (non-hydrogen) atoms. The molecule has 1 radical (unpaired) electrons. The third kappa shape index (κ3) is 0.658. The molecular formula is C5H9N2S. The number of hydrogen-bond donors (Lipinski definition) is 1. The van der Waals surface area contributed by atoms with Crippen LogP contribution in [0.2, 0.25) is 0 Å². The number of hydrogen-bond acceptors (Lipinski definition) is 2. The van der Waals surface area contributed by atoms with E-state index in [-0.39, 0.29) is 0 Å². The summed E-state index contributed by atoms with van der Waals surface area (Å²) in [6.07, 6.45) is 0. The maximum Gasteiger partial charge on any atom is 0.0631 e. The van der Waals surface area contributed by atoms with Gasteiger partial charge in [0.1, 0.15) is 0 Å². The lowest BCUT2D eigenvalue weighted by Gasteiger charge is -2.02. The van der Waals surface area contributed by atoms with E-state index in [1.165, 1.54) is 11.5 Å². The molecule has 2 fully saturated rings. The van der Waals surface area contributed by atoms with Crippen LogP contribution in [0.15, 0.2) is 0 Å². The maximum atomic E-state index is 4.37. The smallest absolute Gasteiger partial charge is 0.0631 e. The van der Waals surface area contributed by atoms with Crippen molar-refractivity contribution >= 4 is 11.8 Å². The number of thioether (sulfide) groups is 1. The van der Waals surface area contributed by atoms with Crippen LogP contribution in [0.1, 0.15) is 0 Å². The highest BCUT2D eigenvalue weighted by Gasteiger charge is 2.31. The Labute approximate surface area is 53.4 Å². The Kier molecular flexibility index (Phi) is 1.21. The van der Waals surface area contributed by atoms with Crippen molar-refractivity contribution in [2.24, 2.45) is 0 Å². The molecule has 2 unspecified atom stereocenters. The minimum Gasteiger partial charge on any atom is -0.298 e. The molecule has 0 aromatic rings. The van der Waals surface area contributed by atoms with Crippen LogP contribution in [0.4, 0.5) is 0 Å². The summed E-state index contributed by atoms with van der Waals surface area (Å²) in [5, 5.41) is 7.70. The minimum absolute atomic E-state index is 0.653. The molecule has 0 saturated carbocycles. The highest BCUT2D eigenvalue weighted by Crippen LogP contribution is 2.21. The van der Waals surface area contributed by atoms with Gasteiger partial charge in [-0.1, -0.05) is 0 Å². The maximum absolute atomic E-state index is 4.37. The molecule has 2 saturated heterocycles. The van der Waals surface area contributed by atoms with Crippen molar-refractivity contribution in [3.63, 3.8) is 0 Å². The normalized spacial score (nSPS) is 45.0. The van der Waals surface area contributed by atoms with Crippen molar-refractivity contribution in [3.8, 4) is 0 Å². The molecule has 1 N–H and O–H groups in total. The van der Waals surface area contributed by atoms with Crippen LogP contribution in [0.25, 0.3) is 0 Å². The van der Waals surface area contributed by atoms with Crippen molar-refractivity contribution in [3.05, 3.63) is 0 Å². The topological polar surface area (TPSA) is 26.1 Å². The van der Waals surface area contributed by atoms with Gasteiger partial charge in [0.15, 0.2) is 0 Å². The predicted molar refractivity (Wildman–Crippen MR) is 35.0 cm³/mol. The molecule has 2 nitrogen and oxygen atoms in total. The van der Waals surface area contributed by atoms with Crippen LogP contribution in [0.5, 0.6) is 0 Å². The number of nitrogens with zero attached hydrogens (tertiary/aromatic N) is 1. The van der Waals surface area contributed by atoms with Gasteiger partial charge in [-0.2, -0.15) is 11.8 Å². The van der Waals surface area contributed by atoms with Gasteiger partial charge in [0.05, 0.1) is 12.7 Å². The van der Waals surface area contributed by atoms with E-state index in [0.717, 1.165) is 12.7 Å². The Morgan fingerprint density at radius 1 is 1.50 bits per heavy atom. The molecule has 3 heteroatoms. The molecule has 0 aromatic carbocycles. The number of nitrogens with one attached hydrogen (secondary N) is 1. The van der Waals surface area contributed by atoms with E-state index >= 15 is 0 Å². The summed E-state index contributed by atoms with van der Waals surface area (Å²) >= 11 is 2.01. The Hall–Kier alpha value is 0.270. The van der Waals surface area contributed by atoms with Gasteiger partial charge in [0.25, 0.3) is 0 Å². The van der Waals surface area contributed by atoms with Crippen LogP contribution < -0.4 is 10.6 Å². The average Bonchev–Trinajstić information content (AvgIpc) is 2.15. The Bertz CT molecular complexity index is 76.4. The van der Waals surface area contributed by atoms with Crippen LogP contribution in [-0.2, 0) is 0 Å². The quantitative estimate of drug-likeness (QED) is 0.483. The lowest BCUT2D eigenvalue weighted by atomic mass is 10.2. The zero-order valence-electron chi connectivity index (χ0n) is 4.63. The molecule has 2 atom stereocenters. The molecule has 0 spiro atoms. The van der Waals surface area contributed by atoms with Gasteiger partial charge in [-0.15, -0.1) is 0 Å². The molecule has 2 aliphatic heterocycles. The lowest BCUT2D eigenvalue weighted by Crippen LogP contribution is -2.29. The summed E-state index contributed by atoms with van der Waals surface area (Å²) in [6, 6.07) is 1.37. The zero-order chi connectivity index (χ0) is 5.40. The number of fused-ring (bicyclic) bond motifs is 1. The Balaban J connectivity index is 2.04. The van der Waals surface area contributed by atoms with E-state index < -0.39 is 0 Å². The number of rotatable bonds is 0. The highest BCUT2D eigenvalue weighted by molar-refractivity contribution is 7.99. The lowest BCUT2D eigenvalue weighted by molar-refractivity contribution is 0.614. The van der Waals surface area contributed by atoms with Gasteiger partial charge in [0.2, 0.25) is 0 Å². The first-order valence-corrected chi connectivity index (χ1v) is 4.10. The standard InChI is InChI=1S/C5H9N2S/c1-4-5(2-8-1)7-3-6-4/h4-6H,1-3H2. The van der Waals surface area contributed by atoms with Crippen LogP contribution in [0, 0.1) is 0 Å². The molecular weight excluding hydrogens is 120 g/mol. The van der Waals surface area contributed by atoms with Crippen molar-refractivity contribution in [2.45, 2.75) is 12.1 Å². The fourth-order valence-electron chi connectivity index (χ4n) is 1.21. The first-order valence-electron chi connectivity index (χ1n) is 2.94. The molecule has 2 aliphatic rings. The molecule has 0 aliphatic carbocycles. The van der Waals surface area contributed by atoms with Crippen LogP contribution in [-0.4, -0.2) is 30.3 Å². The Morgan fingerprint density at radius 3 is 3.38 bits per heavy atom. The first kappa shape index (κ1) is 5.09. The molecule has 45 valence electrons. The molecule has 0 amide bonds. The summed E-state index contributed by atoms with van der Waals surface area (Å²) in [4.78, 5) is 0. The monoisotopic (exact) mass is 129 g/mol. The summed E-state index contributed by atoms with van der Waals surface area (Å²) in [5.41, 5.74) is 0. The second-order valence-corrected chi connectivity index (χ2v) is 3.33. The second-order valence-electron chi connectivity index (χ2n) is 2.26. The summed E-state index contributed by atoms with van der Waals surface area (Å²) in [5.74, 6) is 2.52. The molecule has 2 heterocycles. The average molecular weight is 129 g/mol. The fraction of sp³-hybridized carbons (Fsp3) is 1.00. The van der Waals surface area contributed by atoms with Crippen molar-refractivity contribution in [1.29, 1.82) is 0 Å². The van der Waals surface area contributed by atoms with Crippen LogP contribution in [0.3, 0.4) is 0 Å².